The average molecular weight is 625 g/mol. The second-order valence-electron chi connectivity index (χ2n) is 9.18. The summed E-state index contributed by atoms with van der Waals surface area (Å²) in [5, 5.41) is 13.3. The molecule has 0 saturated carbocycles. The Hall–Kier alpha value is -4.24. The van der Waals surface area contributed by atoms with Gasteiger partial charge < -0.3 is 4.98 Å². The SMILES string of the molecule is Cc1ccccc1-n1nnnc1SCC(=O)NNC(=O)[C@H](Cc1c[nH]c2ccccc12)NS(=O)(=O)c1ccc(Cl)cc1. The molecular weight excluding hydrogens is 600 g/mol. The molecule has 0 aliphatic carbocycles. The lowest BCUT2D eigenvalue weighted by Gasteiger charge is -2.19. The largest absolute Gasteiger partial charge is 0.361 e. The maximum Gasteiger partial charge on any atom is 0.256 e. The molecule has 0 radical (unpaired) electrons. The van der Waals surface area contributed by atoms with Crippen LogP contribution in [0.4, 0.5) is 0 Å². The summed E-state index contributed by atoms with van der Waals surface area (Å²) in [4.78, 5) is 28.9. The first kappa shape index (κ1) is 29.3. The number of thioether (sulfide) groups is 1. The first-order valence-electron chi connectivity index (χ1n) is 12.6. The van der Waals surface area contributed by atoms with Crippen molar-refractivity contribution in [3.63, 3.8) is 0 Å². The molecule has 0 spiro atoms. The van der Waals surface area contributed by atoms with E-state index in [2.05, 4.69) is 36.1 Å². The first-order chi connectivity index (χ1) is 20.2. The van der Waals surface area contributed by atoms with Crippen molar-refractivity contribution in [2.45, 2.75) is 29.4 Å². The lowest BCUT2D eigenvalue weighted by molar-refractivity contribution is -0.128. The van der Waals surface area contributed by atoms with Gasteiger partial charge in [-0.15, -0.1) is 5.10 Å². The molecular formula is C27H25ClN8O4S2. The number of nitrogens with zero attached hydrogens (tertiary/aromatic N) is 4. The Morgan fingerprint density at radius 2 is 1.76 bits per heavy atom. The molecule has 0 unspecified atom stereocenters. The van der Waals surface area contributed by atoms with Crippen molar-refractivity contribution >= 4 is 56.1 Å². The third kappa shape index (κ3) is 6.79. The minimum atomic E-state index is -4.11. The van der Waals surface area contributed by atoms with Gasteiger partial charge in [-0.05, 0) is 71.3 Å². The Kier molecular flexibility index (Phi) is 8.87. The summed E-state index contributed by atoms with van der Waals surface area (Å²) in [7, 11) is -4.11. The number of aromatic amines is 1. The van der Waals surface area contributed by atoms with Crippen molar-refractivity contribution in [1.29, 1.82) is 0 Å². The second-order valence-corrected chi connectivity index (χ2v) is 12.3. The van der Waals surface area contributed by atoms with E-state index in [4.69, 9.17) is 11.6 Å². The van der Waals surface area contributed by atoms with Crippen LogP contribution in [0.25, 0.3) is 16.6 Å². The van der Waals surface area contributed by atoms with Crippen molar-refractivity contribution in [1.82, 2.24) is 40.8 Å². The van der Waals surface area contributed by atoms with Gasteiger partial charge >= 0.3 is 0 Å². The minimum absolute atomic E-state index is 0.0124. The van der Waals surface area contributed by atoms with Crippen molar-refractivity contribution in [2.24, 2.45) is 0 Å². The highest BCUT2D eigenvalue weighted by Crippen LogP contribution is 2.22. The van der Waals surface area contributed by atoms with Crippen molar-refractivity contribution in [3.05, 3.63) is 95.1 Å². The molecule has 4 N–H and O–H groups in total. The van der Waals surface area contributed by atoms with Crippen molar-refractivity contribution in [2.75, 3.05) is 5.75 Å². The summed E-state index contributed by atoms with van der Waals surface area (Å²) in [5.74, 6) is -1.41. The number of tetrazole rings is 1. The van der Waals surface area contributed by atoms with Gasteiger partial charge in [0.15, 0.2) is 0 Å². The molecule has 2 amide bonds. The molecule has 12 nitrogen and oxygen atoms in total. The van der Waals surface area contributed by atoms with Gasteiger partial charge in [0.05, 0.1) is 16.3 Å². The van der Waals surface area contributed by atoms with Gasteiger partial charge in [0.1, 0.15) is 6.04 Å². The highest BCUT2D eigenvalue weighted by Gasteiger charge is 2.27. The normalized spacial score (nSPS) is 12.2. The first-order valence-corrected chi connectivity index (χ1v) is 15.4. The highest BCUT2D eigenvalue weighted by molar-refractivity contribution is 7.99. The Balaban J connectivity index is 1.27. The van der Waals surface area contributed by atoms with Crippen LogP contribution in [-0.2, 0) is 26.0 Å². The summed E-state index contributed by atoms with van der Waals surface area (Å²) in [6.07, 6.45) is 1.73. The standard InChI is InChI=1S/C27H25ClN8O4S2/c1-17-6-2-5-9-24(17)36-27(32-34-35-36)41-16-25(37)30-31-26(38)23(14-18-15-29-22-8-4-3-7-21(18)22)33-42(39,40)20-12-10-19(28)11-13-20/h2-13,15,23,29,33H,14,16H2,1H3,(H,30,37)(H,31,38)/t23-/m0/s1. The number of carbonyl (C=O) groups excluding carboxylic acids is 2. The maximum absolute atomic E-state index is 13.3. The van der Waals surface area contributed by atoms with Gasteiger partial charge in [-0.2, -0.15) is 9.40 Å². The number of carbonyl (C=O) groups is 2. The molecule has 0 aliphatic heterocycles. The Morgan fingerprint density at radius 3 is 2.55 bits per heavy atom. The molecule has 2 aromatic heterocycles. The Bertz CT molecular complexity index is 1840. The summed E-state index contributed by atoms with van der Waals surface area (Å²) in [5.41, 5.74) is 7.97. The monoisotopic (exact) mass is 624 g/mol. The molecule has 42 heavy (non-hydrogen) atoms. The number of aromatic nitrogens is 5. The number of nitrogens with one attached hydrogen (secondary N) is 4. The van der Waals surface area contributed by atoms with Crippen LogP contribution in [0.2, 0.25) is 5.02 Å². The van der Waals surface area contributed by atoms with E-state index < -0.39 is 27.9 Å². The number of H-pyrrole nitrogens is 1. The summed E-state index contributed by atoms with van der Waals surface area (Å²) in [6.45, 7) is 1.92. The van der Waals surface area contributed by atoms with Crippen LogP contribution >= 0.6 is 23.4 Å². The van der Waals surface area contributed by atoms with E-state index in [0.29, 0.717) is 10.2 Å². The van der Waals surface area contributed by atoms with Crippen LogP contribution in [-0.4, -0.2) is 57.2 Å². The molecule has 216 valence electrons. The number of fused-ring (bicyclic) bond motifs is 1. The average Bonchev–Trinajstić information content (AvgIpc) is 3.62. The van der Waals surface area contributed by atoms with Gasteiger partial charge in [0.2, 0.25) is 21.1 Å². The number of rotatable bonds is 10. The van der Waals surface area contributed by atoms with Gasteiger partial charge in [-0.25, -0.2) is 8.42 Å². The molecule has 0 bridgehead atoms. The number of sulfonamides is 1. The van der Waals surface area contributed by atoms with E-state index >= 15 is 0 Å². The van der Waals surface area contributed by atoms with Gasteiger partial charge in [-0.1, -0.05) is 59.8 Å². The number of benzene rings is 3. The fraction of sp³-hybridized carbons (Fsp3) is 0.148. The van der Waals surface area contributed by atoms with Gasteiger partial charge in [0, 0.05) is 22.1 Å². The number of halogens is 1. The smallest absolute Gasteiger partial charge is 0.256 e. The molecule has 1 atom stereocenters. The van der Waals surface area contributed by atoms with E-state index in [0.717, 1.165) is 39.5 Å². The number of para-hydroxylation sites is 2. The number of hydrogen-bond donors (Lipinski definition) is 4. The quantitative estimate of drug-likeness (QED) is 0.136. The molecule has 15 heteroatoms. The predicted molar refractivity (Wildman–Crippen MR) is 158 cm³/mol. The van der Waals surface area contributed by atoms with Crippen molar-refractivity contribution in [3.8, 4) is 5.69 Å². The zero-order valence-corrected chi connectivity index (χ0v) is 24.5. The fourth-order valence-electron chi connectivity index (χ4n) is 4.18. The van der Waals surface area contributed by atoms with Gasteiger partial charge in [0.25, 0.3) is 5.91 Å². The number of amides is 2. The summed E-state index contributed by atoms with van der Waals surface area (Å²) < 4.78 is 30.3. The molecule has 2 heterocycles. The highest BCUT2D eigenvalue weighted by atomic mass is 35.5. The van der Waals surface area contributed by atoms with E-state index in [1.54, 1.807) is 6.20 Å². The predicted octanol–water partition coefficient (Wildman–Crippen LogP) is 2.93. The number of hydrogen-bond acceptors (Lipinski definition) is 8. The molecule has 5 aromatic rings. The third-order valence-electron chi connectivity index (χ3n) is 6.28. The Morgan fingerprint density at radius 1 is 1.02 bits per heavy atom. The molecule has 0 fully saturated rings. The van der Waals surface area contributed by atoms with Crippen molar-refractivity contribution < 1.29 is 18.0 Å². The fourth-order valence-corrected chi connectivity index (χ4v) is 6.19. The van der Waals surface area contributed by atoms with Crippen LogP contribution in [0.15, 0.2) is 89.0 Å². The zero-order chi connectivity index (χ0) is 29.7. The lowest BCUT2D eigenvalue weighted by atomic mass is 10.1. The third-order valence-corrected chi connectivity index (χ3v) is 8.94. The Labute approximate surface area is 250 Å². The molecule has 5 rings (SSSR count). The van der Waals surface area contributed by atoms with Crippen LogP contribution in [0.3, 0.4) is 0 Å². The van der Waals surface area contributed by atoms with Gasteiger partial charge in [-0.3, -0.25) is 20.4 Å². The zero-order valence-electron chi connectivity index (χ0n) is 22.1. The molecule has 3 aromatic carbocycles. The molecule has 0 saturated heterocycles. The molecule has 0 aliphatic rings. The summed E-state index contributed by atoms with van der Waals surface area (Å²) >= 11 is 6.98. The van der Waals surface area contributed by atoms with Crippen LogP contribution in [0.5, 0.6) is 0 Å². The van der Waals surface area contributed by atoms with E-state index in [1.165, 1.54) is 28.9 Å². The van der Waals surface area contributed by atoms with Crippen LogP contribution in [0, 0.1) is 6.92 Å². The lowest BCUT2D eigenvalue weighted by Crippen LogP contribution is -2.53. The van der Waals surface area contributed by atoms with E-state index in [-0.39, 0.29) is 17.1 Å². The number of aryl methyl sites for hydroxylation is 1. The minimum Gasteiger partial charge on any atom is -0.361 e. The van der Waals surface area contributed by atoms with E-state index in [9.17, 15) is 18.0 Å². The maximum atomic E-state index is 13.3. The van der Waals surface area contributed by atoms with Crippen LogP contribution < -0.4 is 15.6 Å². The summed E-state index contributed by atoms with van der Waals surface area (Å²) in [6, 6.07) is 19.3. The topological polar surface area (TPSA) is 164 Å². The second kappa shape index (κ2) is 12.7. The number of hydrazine groups is 1. The van der Waals surface area contributed by atoms with E-state index in [1.807, 2.05) is 55.5 Å². The van der Waals surface area contributed by atoms with Crippen LogP contribution in [0.1, 0.15) is 11.1 Å².